The van der Waals surface area contributed by atoms with Gasteiger partial charge in [0.2, 0.25) is 12.7 Å². The van der Waals surface area contributed by atoms with E-state index in [1.165, 1.54) is 17.3 Å². The number of nitrogens with one attached hydrogen (secondary N) is 1. The van der Waals surface area contributed by atoms with Gasteiger partial charge in [-0.15, -0.1) is 10.2 Å². The van der Waals surface area contributed by atoms with Crippen LogP contribution in [0.5, 0.6) is 11.5 Å². The van der Waals surface area contributed by atoms with E-state index in [4.69, 9.17) is 9.47 Å². The molecule has 7 nitrogen and oxygen atoms in total. The maximum absolute atomic E-state index is 12.6. The number of carbonyl (C=O) groups excluding carboxylic acids is 1. The predicted molar refractivity (Wildman–Crippen MR) is 131 cm³/mol. The minimum atomic E-state index is -0.0850. The lowest BCUT2D eigenvalue weighted by atomic mass is 10.1. The van der Waals surface area contributed by atoms with E-state index in [0.29, 0.717) is 17.5 Å². The highest BCUT2D eigenvalue weighted by atomic mass is 32.2. The number of amides is 1. The van der Waals surface area contributed by atoms with Crippen LogP contribution in [0.3, 0.4) is 0 Å². The molecule has 4 aromatic rings. The van der Waals surface area contributed by atoms with Crippen molar-refractivity contribution in [2.45, 2.75) is 25.5 Å². The molecule has 34 heavy (non-hydrogen) atoms. The highest BCUT2D eigenvalue weighted by molar-refractivity contribution is 7.99. The molecule has 0 bridgehead atoms. The normalized spacial score (nSPS) is 12.1. The van der Waals surface area contributed by atoms with E-state index in [2.05, 4.69) is 53.6 Å². The van der Waals surface area contributed by atoms with Crippen molar-refractivity contribution < 1.29 is 14.3 Å². The molecule has 0 atom stereocenters. The van der Waals surface area contributed by atoms with E-state index < -0.39 is 0 Å². The number of aryl methyl sites for hydroxylation is 2. The van der Waals surface area contributed by atoms with E-state index in [1.807, 2.05) is 47.0 Å². The van der Waals surface area contributed by atoms with Gasteiger partial charge in [0.25, 0.3) is 0 Å². The van der Waals surface area contributed by atoms with Crippen LogP contribution in [-0.4, -0.2) is 33.2 Å². The number of nitrogens with zero attached hydrogens (tertiary/aromatic N) is 3. The Balaban J connectivity index is 1.32. The summed E-state index contributed by atoms with van der Waals surface area (Å²) in [7, 11) is 0. The van der Waals surface area contributed by atoms with Crippen molar-refractivity contribution in [3.63, 3.8) is 0 Å². The van der Waals surface area contributed by atoms with E-state index in [-0.39, 0.29) is 18.5 Å². The molecule has 2 heterocycles. The number of hydrogen-bond acceptors (Lipinski definition) is 6. The van der Waals surface area contributed by atoms with Gasteiger partial charge >= 0.3 is 0 Å². The first-order valence-corrected chi connectivity index (χ1v) is 11.9. The van der Waals surface area contributed by atoms with E-state index in [1.54, 1.807) is 0 Å². The average Bonchev–Trinajstić information content (AvgIpc) is 3.48. The molecule has 0 unspecified atom stereocenters. The number of aromatic nitrogens is 3. The van der Waals surface area contributed by atoms with Crippen molar-refractivity contribution in [1.29, 1.82) is 0 Å². The van der Waals surface area contributed by atoms with Crippen LogP contribution in [-0.2, 0) is 11.3 Å². The van der Waals surface area contributed by atoms with E-state index in [0.717, 1.165) is 34.0 Å². The number of benzene rings is 3. The minimum Gasteiger partial charge on any atom is -0.454 e. The second kappa shape index (κ2) is 9.61. The second-order valence-corrected chi connectivity index (χ2v) is 9.04. The summed E-state index contributed by atoms with van der Waals surface area (Å²) in [5.41, 5.74) is 5.20. The van der Waals surface area contributed by atoms with Gasteiger partial charge in [-0.05, 0) is 49.7 Å². The van der Waals surface area contributed by atoms with Crippen LogP contribution >= 0.6 is 11.8 Å². The summed E-state index contributed by atoms with van der Waals surface area (Å²) in [6.45, 7) is 4.75. The Morgan fingerprint density at radius 2 is 1.79 bits per heavy atom. The molecule has 0 radical (unpaired) electrons. The molecule has 0 spiro atoms. The smallest absolute Gasteiger partial charge is 0.231 e. The first-order chi connectivity index (χ1) is 16.6. The van der Waals surface area contributed by atoms with Gasteiger partial charge in [0, 0.05) is 17.8 Å². The molecule has 1 aliphatic heterocycles. The third-order valence-corrected chi connectivity index (χ3v) is 6.39. The lowest BCUT2D eigenvalue weighted by Crippen LogP contribution is -2.24. The van der Waals surface area contributed by atoms with E-state index >= 15 is 0 Å². The number of ether oxygens (including phenoxy) is 2. The van der Waals surface area contributed by atoms with Crippen molar-refractivity contribution in [3.05, 3.63) is 83.4 Å². The number of thioether (sulfide) groups is 1. The monoisotopic (exact) mass is 472 g/mol. The largest absolute Gasteiger partial charge is 0.454 e. The molecule has 172 valence electrons. The van der Waals surface area contributed by atoms with Crippen molar-refractivity contribution in [2.24, 2.45) is 0 Å². The van der Waals surface area contributed by atoms with Crippen LogP contribution in [0.4, 0.5) is 0 Å². The Morgan fingerprint density at radius 3 is 2.62 bits per heavy atom. The van der Waals surface area contributed by atoms with Crippen LogP contribution in [0.1, 0.15) is 16.7 Å². The zero-order valence-electron chi connectivity index (χ0n) is 18.9. The molecule has 3 aromatic carbocycles. The number of fused-ring (bicyclic) bond motifs is 1. The van der Waals surface area contributed by atoms with Gasteiger partial charge in [0.15, 0.2) is 22.5 Å². The lowest BCUT2D eigenvalue weighted by Gasteiger charge is -2.11. The fraction of sp³-hybridized carbons (Fsp3) is 0.192. The Kier molecular flexibility index (Phi) is 6.22. The van der Waals surface area contributed by atoms with Crippen molar-refractivity contribution >= 4 is 17.7 Å². The summed E-state index contributed by atoms with van der Waals surface area (Å²) in [4.78, 5) is 12.6. The summed E-state index contributed by atoms with van der Waals surface area (Å²) < 4.78 is 12.7. The number of carbonyl (C=O) groups is 1. The van der Waals surface area contributed by atoms with Gasteiger partial charge in [0.05, 0.1) is 5.75 Å². The standard InChI is InChI=1S/C26H24N4O3S/c1-17-6-9-21(10-7-17)30-25(20-5-3-4-18(2)12-20)28-29-26(30)34-15-24(31)27-14-19-8-11-22-23(13-19)33-16-32-22/h3-13H,14-16H2,1-2H3,(H,27,31). The molecule has 1 aliphatic rings. The fourth-order valence-electron chi connectivity index (χ4n) is 3.69. The van der Waals surface area contributed by atoms with Crippen LogP contribution < -0.4 is 14.8 Å². The molecular formula is C26H24N4O3S. The zero-order chi connectivity index (χ0) is 23.5. The van der Waals surface area contributed by atoms with E-state index in [9.17, 15) is 4.79 Å². The molecular weight excluding hydrogens is 448 g/mol. The molecule has 0 fully saturated rings. The van der Waals surface area contributed by atoms with Gasteiger partial charge in [0.1, 0.15) is 0 Å². The van der Waals surface area contributed by atoms with Crippen LogP contribution in [0, 0.1) is 13.8 Å². The molecule has 0 aliphatic carbocycles. The maximum Gasteiger partial charge on any atom is 0.231 e. The Morgan fingerprint density at radius 1 is 0.971 bits per heavy atom. The SMILES string of the molecule is Cc1ccc(-n2c(SCC(=O)NCc3ccc4c(c3)OCO4)nnc2-c2cccc(C)c2)cc1. The van der Waals surface area contributed by atoms with Crippen molar-refractivity contribution in [3.8, 4) is 28.6 Å². The average molecular weight is 473 g/mol. The predicted octanol–water partition coefficient (Wildman–Crippen LogP) is 4.69. The second-order valence-electron chi connectivity index (χ2n) is 8.10. The highest BCUT2D eigenvalue weighted by Gasteiger charge is 2.18. The molecule has 0 saturated carbocycles. The topological polar surface area (TPSA) is 78.3 Å². The first-order valence-electron chi connectivity index (χ1n) is 10.9. The summed E-state index contributed by atoms with van der Waals surface area (Å²) in [6, 6.07) is 22.0. The third kappa shape index (κ3) is 4.77. The Labute approximate surface area is 202 Å². The maximum atomic E-state index is 12.6. The van der Waals surface area contributed by atoms with Gasteiger partial charge in [-0.2, -0.15) is 0 Å². The Bertz CT molecular complexity index is 1330. The lowest BCUT2D eigenvalue weighted by molar-refractivity contribution is -0.118. The highest BCUT2D eigenvalue weighted by Crippen LogP contribution is 2.32. The van der Waals surface area contributed by atoms with Crippen molar-refractivity contribution in [1.82, 2.24) is 20.1 Å². The van der Waals surface area contributed by atoms with Gasteiger partial charge < -0.3 is 14.8 Å². The fourth-order valence-corrected chi connectivity index (χ4v) is 4.48. The summed E-state index contributed by atoms with van der Waals surface area (Å²) >= 11 is 1.36. The van der Waals surface area contributed by atoms with Crippen molar-refractivity contribution in [2.75, 3.05) is 12.5 Å². The van der Waals surface area contributed by atoms with Gasteiger partial charge in [-0.25, -0.2) is 0 Å². The number of hydrogen-bond donors (Lipinski definition) is 1. The molecule has 1 N–H and O–H groups in total. The summed E-state index contributed by atoms with van der Waals surface area (Å²) in [5, 5.41) is 12.5. The molecule has 1 aromatic heterocycles. The van der Waals surface area contributed by atoms with Crippen LogP contribution in [0.15, 0.2) is 71.9 Å². The minimum absolute atomic E-state index is 0.0850. The van der Waals surface area contributed by atoms with Crippen LogP contribution in [0.2, 0.25) is 0 Å². The van der Waals surface area contributed by atoms with Gasteiger partial charge in [-0.3, -0.25) is 9.36 Å². The van der Waals surface area contributed by atoms with Gasteiger partial charge in [-0.1, -0.05) is 59.3 Å². The molecule has 1 amide bonds. The third-order valence-electron chi connectivity index (χ3n) is 5.46. The molecule has 5 rings (SSSR count). The number of rotatable bonds is 7. The first kappa shape index (κ1) is 22.0. The Hall–Kier alpha value is -3.78. The van der Waals surface area contributed by atoms with Crippen LogP contribution in [0.25, 0.3) is 17.1 Å². The quantitative estimate of drug-likeness (QED) is 0.393. The zero-order valence-corrected chi connectivity index (χ0v) is 19.8. The summed E-state index contributed by atoms with van der Waals surface area (Å²) in [6.07, 6.45) is 0. The summed E-state index contributed by atoms with van der Waals surface area (Å²) in [5.74, 6) is 2.32. The molecule has 8 heteroatoms. The molecule has 0 saturated heterocycles.